The number of phenolic OH excluding ortho intramolecular Hbond substituents is 1. The van der Waals surface area contributed by atoms with Crippen LogP contribution in [0, 0.1) is 17.8 Å². The van der Waals surface area contributed by atoms with E-state index in [9.17, 15) is 29.1 Å². The highest BCUT2D eigenvalue weighted by atomic mass is 32.1. The number of ether oxygens (including phenoxy) is 1. The van der Waals surface area contributed by atoms with Gasteiger partial charge in [0.15, 0.2) is 6.10 Å². The molecule has 2 heterocycles. The van der Waals surface area contributed by atoms with Crippen LogP contribution in [-0.2, 0) is 30.3 Å². The molecule has 13 heteroatoms. The molecule has 4 amide bonds. The van der Waals surface area contributed by atoms with Crippen LogP contribution in [0.3, 0.4) is 0 Å². The molecular formula is C35H51N5O7S. The van der Waals surface area contributed by atoms with Crippen LogP contribution in [0.15, 0.2) is 29.6 Å². The van der Waals surface area contributed by atoms with Crippen LogP contribution in [-0.4, -0.2) is 87.8 Å². The van der Waals surface area contributed by atoms with Crippen molar-refractivity contribution >= 4 is 40.9 Å². The van der Waals surface area contributed by atoms with E-state index in [0.29, 0.717) is 29.8 Å². The Morgan fingerprint density at radius 1 is 0.958 bits per heavy atom. The molecule has 2 aromatic rings. The number of cyclic esters (lactones) is 1. The number of hydrogen-bond acceptors (Lipinski definition) is 9. The Morgan fingerprint density at radius 2 is 1.60 bits per heavy atom. The fourth-order valence-electron chi connectivity index (χ4n) is 5.87. The van der Waals surface area contributed by atoms with Gasteiger partial charge in [0.05, 0.1) is 12.0 Å². The summed E-state index contributed by atoms with van der Waals surface area (Å²) in [6.07, 6.45) is 0.549. The van der Waals surface area contributed by atoms with Crippen LogP contribution in [0.2, 0.25) is 0 Å². The van der Waals surface area contributed by atoms with E-state index in [4.69, 9.17) is 4.74 Å². The standard InChI is InChI=1S/C35H51N5O7S/c1-10-12-25-21(6)35(46)47-29(20(5)11-2)34(45)39(8)27(17-23-13-15-24(41)16-14-23)33(44)40(9)28(19(3)4)31(43)36-22(7)32-38-26(18-48-32)30(42)37-25/h13-16,18-22,25,27-29,41H,10-12,17H2,1-9H3,(H,36,43)(H,37,42)/t20-,21-,22-,25+,27-,28-,29?/m0/s1. The second-order valence-corrected chi connectivity index (χ2v) is 14.1. The summed E-state index contributed by atoms with van der Waals surface area (Å²) in [6.45, 7) is 12.7. The first-order valence-corrected chi connectivity index (χ1v) is 17.6. The van der Waals surface area contributed by atoms with E-state index in [1.54, 1.807) is 38.3 Å². The number of benzene rings is 1. The first-order chi connectivity index (χ1) is 22.6. The Morgan fingerprint density at radius 3 is 2.19 bits per heavy atom. The van der Waals surface area contributed by atoms with Crippen molar-refractivity contribution in [3.63, 3.8) is 0 Å². The molecule has 12 nitrogen and oxygen atoms in total. The minimum Gasteiger partial charge on any atom is -0.508 e. The van der Waals surface area contributed by atoms with Crippen LogP contribution in [0.25, 0.3) is 0 Å². The molecule has 1 aromatic carbocycles. The Balaban J connectivity index is 2.15. The summed E-state index contributed by atoms with van der Waals surface area (Å²) in [7, 11) is 3.04. The smallest absolute Gasteiger partial charge is 0.311 e. The van der Waals surface area contributed by atoms with Crippen molar-refractivity contribution in [3.05, 3.63) is 45.9 Å². The van der Waals surface area contributed by atoms with Crippen LogP contribution in [0.4, 0.5) is 0 Å². The first kappa shape index (κ1) is 38.4. The summed E-state index contributed by atoms with van der Waals surface area (Å²) in [4.78, 5) is 76.6. The quantitative estimate of drug-likeness (QED) is 0.368. The number of aromatic hydroxyl groups is 1. The third-order valence-corrected chi connectivity index (χ3v) is 10.2. The number of phenols is 1. The third kappa shape index (κ3) is 9.12. The lowest BCUT2D eigenvalue weighted by atomic mass is 9.95. The molecule has 48 heavy (non-hydrogen) atoms. The van der Waals surface area contributed by atoms with Crippen LogP contribution in [0.1, 0.15) is 94.8 Å². The van der Waals surface area contributed by atoms with Crippen molar-refractivity contribution in [1.82, 2.24) is 25.4 Å². The summed E-state index contributed by atoms with van der Waals surface area (Å²) in [5.74, 6) is -3.97. The molecular weight excluding hydrogens is 634 g/mol. The lowest BCUT2D eigenvalue weighted by Crippen LogP contribution is -2.58. The minimum atomic E-state index is -1.21. The summed E-state index contributed by atoms with van der Waals surface area (Å²) in [6, 6.07) is 3.21. The number of aromatic nitrogens is 1. The van der Waals surface area contributed by atoms with Gasteiger partial charge in [0, 0.05) is 37.9 Å². The summed E-state index contributed by atoms with van der Waals surface area (Å²) >= 11 is 1.23. The van der Waals surface area contributed by atoms with Crippen LogP contribution >= 0.6 is 11.3 Å². The first-order valence-electron chi connectivity index (χ1n) is 16.7. The van der Waals surface area contributed by atoms with E-state index in [1.165, 1.54) is 47.4 Å². The average molecular weight is 686 g/mol. The van der Waals surface area contributed by atoms with Crippen LogP contribution in [0.5, 0.6) is 5.75 Å². The maximum Gasteiger partial charge on any atom is 0.311 e. The zero-order valence-electron chi connectivity index (χ0n) is 29.5. The Kier molecular flexibility index (Phi) is 13.5. The molecule has 0 radical (unpaired) electrons. The number of carbonyl (C=O) groups excluding carboxylic acids is 5. The van der Waals surface area contributed by atoms with Gasteiger partial charge < -0.3 is 30.3 Å². The highest BCUT2D eigenvalue weighted by Crippen LogP contribution is 2.25. The van der Waals surface area contributed by atoms with Gasteiger partial charge in [0.2, 0.25) is 11.8 Å². The molecule has 1 unspecified atom stereocenters. The van der Waals surface area contributed by atoms with Gasteiger partial charge in [0.1, 0.15) is 28.5 Å². The van der Waals surface area contributed by atoms with Gasteiger partial charge in [-0.2, -0.15) is 0 Å². The molecule has 3 N–H and O–H groups in total. The number of carbonyl (C=O) groups is 5. The number of fused-ring (bicyclic) bond motifs is 2. The Bertz CT molecular complexity index is 1440. The van der Waals surface area contributed by atoms with E-state index in [0.717, 1.165) is 0 Å². The highest BCUT2D eigenvalue weighted by molar-refractivity contribution is 7.09. The average Bonchev–Trinajstić information content (AvgIpc) is 3.55. The number of thiazole rings is 1. The zero-order valence-corrected chi connectivity index (χ0v) is 30.3. The molecule has 2 bridgehead atoms. The predicted octanol–water partition coefficient (Wildman–Crippen LogP) is 4.08. The van der Waals surface area contributed by atoms with Crippen molar-refractivity contribution in [2.45, 2.75) is 104 Å². The van der Waals surface area contributed by atoms with Crippen molar-refractivity contribution in [3.8, 4) is 5.75 Å². The summed E-state index contributed by atoms with van der Waals surface area (Å²) < 4.78 is 5.95. The van der Waals surface area contributed by atoms with Gasteiger partial charge in [-0.05, 0) is 50.3 Å². The van der Waals surface area contributed by atoms with Gasteiger partial charge in [-0.1, -0.05) is 53.2 Å². The number of esters is 1. The fraction of sp³-hybridized carbons (Fsp3) is 0.600. The second kappa shape index (κ2) is 16.9. The lowest BCUT2D eigenvalue weighted by molar-refractivity contribution is -0.169. The maximum atomic E-state index is 14.4. The van der Waals surface area contributed by atoms with E-state index >= 15 is 0 Å². The molecule has 1 aliphatic heterocycles. The molecule has 0 saturated carbocycles. The normalized spacial score (nSPS) is 25.9. The van der Waals surface area contributed by atoms with Gasteiger partial charge in [0.25, 0.3) is 11.8 Å². The maximum absolute atomic E-state index is 14.4. The predicted molar refractivity (Wildman–Crippen MR) is 183 cm³/mol. The van der Waals surface area contributed by atoms with E-state index in [-0.39, 0.29) is 23.8 Å². The fourth-order valence-corrected chi connectivity index (χ4v) is 6.68. The molecule has 3 rings (SSSR count). The van der Waals surface area contributed by atoms with Crippen molar-refractivity contribution < 1.29 is 33.8 Å². The van der Waals surface area contributed by atoms with E-state index < -0.39 is 71.7 Å². The van der Waals surface area contributed by atoms with Crippen molar-refractivity contribution in [2.75, 3.05) is 14.1 Å². The lowest BCUT2D eigenvalue weighted by Gasteiger charge is -2.38. The zero-order chi connectivity index (χ0) is 35.9. The monoisotopic (exact) mass is 685 g/mol. The highest BCUT2D eigenvalue weighted by Gasteiger charge is 2.41. The van der Waals surface area contributed by atoms with Crippen molar-refractivity contribution in [2.24, 2.45) is 17.8 Å². The number of amides is 4. The molecule has 264 valence electrons. The molecule has 7 atom stereocenters. The second-order valence-electron chi connectivity index (χ2n) is 13.2. The minimum absolute atomic E-state index is 0.0561. The molecule has 0 saturated heterocycles. The molecule has 0 fully saturated rings. The SMILES string of the molecule is CCC[C@H]1NC(=O)c2csc(n2)[C@H](C)NC(=O)[C@H](C(C)C)N(C)C(=O)[C@H](Cc2ccc(O)cc2)N(C)C(=O)C([C@@H](C)CC)OC(=O)[C@H]1C. The van der Waals surface area contributed by atoms with Crippen LogP contribution < -0.4 is 10.6 Å². The molecule has 1 aliphatic rings. The third-order valence-electron chi connectivity index (χ3n) is 9.15. The molecule has 0 aliphatic carbocycles. The number of nitrogens with zero attached hydrogens (tertiary/aromatic N) is 3. The number of hydrogen-bond donors (Lipinski definition) is 3. The van der Waals surface area contributed by atoms with E-state index in [1.807, 2.05) is 27.7 Å². The Labute approximate surface area is 287 Å². The van der Waals surface area contributed by atoms with Gasteiger partial charge in [-0.25, -0.2) is 4.98 Å². The Hall–Kier alpha value is -4.00. The van der Waals surface area contributed by atoms with Gasteiger partial charge >= 0.3 is 5.97 Å². The summed E-state index contributed by atoms with van der Waals surface area (Å²) in [5.41, 5.74) is 0.843. The molecule has 1 aromatic heterocycles. The van der Waals surface area contributed by atoms with Crippen molar-refractivity contribution in [1.29, 1.82) is 0 Å². The number of rotatable bonds is 7. The van der Waals surface area contributed by atoms with E-state index in [2.05, 4.69) is 15.6 Å². The van der Waals surface area contributed by atoms with Gasteiger partial charge in [-0.3, -0.25) is 24.0 Å². The van der Waals surface area contributed by atoms with Gasteiger partial charge in [-0.15, -0.1) is 11.3 Å². The number of likely N-dealkylation sites (N-methyl/N-ethyl adjacent to an activating group) is 2. The summed E-state index contributed by atoms with van der Waals surface area (Å²) in [5, 5.41) is 17.9. The number of nitrogens with one attached hydrogen (secondary N) is 2. The molecule has 0 spiro atoms. The largest absolute Gasteiger partial charge is 0.508 e. The topological polar surface area (TPSA) is 158 Å².